The molecule has 0 spiro atoms. The highest BCUT2D eigenvalue weighted by molar-refractivity contribution is 7.19. The lowest BCUT2D eigenvalue weighted by Crippen LogP contribution is -1.90. The van der Waals surface area contributed by atoms with Crippen LogP contribution in [0.15, 0.2) is 12.1 Å². The summed E-state index contributed by atoms with van der Waals surface area (Å²) >= 11 is 7.06. The topological polar surface area (TPSA) is 21.3 Å². The van der Waals surface area contributed by atoms with Crippen LogP contribution in [0.3, 0.4) is 0 Å². The molecule has 0 unspecified atom stereocenters. The van der Waals surface area contributed by atoms with Crippen molar-refractivity contribution >= 4 is 27.9 Å². The molecule has 0 fully saturated rings. The molecule has 0 radical (unpaired) electrons. The summed E-state index contributed by atoms with van der Waals surface area (Å²) in [5.41, 5.74) is 2.66. The molecular formula is C5H6ClNOS. The van der Waals surface area contributed by atoms with Gasteiger partial charge in [0.05, 0.1) is 11.4 Å². The number of hydrogen-bond donors (Lipinski definition) is 1. The second-order valence-corrected chi connectivity index (χ2v) is 3.13. The van der Waals surface area contributed by atoms with E-state index < -0.39 is 0 Å². The van der Waals surface area contributed by atoms with Crippen LogP contribution < -0.4 is 5.48 Å². The van der Waals surface area contributed by atoms with Crippen molar-refractivity contribution in [2.45, 2.75) is 0 Å². The van der Waals surface area contributed by atoms with Crippen LogP contribution in [0.1, 0.15) is 0 Å². The van der Waals surface area contributed by atoms with Gasteiger partial charge in [0.25, 0.3) is 0 Å². The minimum Gasteiger partial charge on any atom is -0.279 e. The standard InChI is InChI=1S/C5H6ClNOS/c1-8-7-5-3-2-4(6)9-5/h2-3,7H,1H3. The van der Waals surface area contributed by atoms with Gasteiger partial charge in [-0.3, -0.25) is 10.3 Å². The minimum absolute atomic E-state index is 0.759. The molecule has 0 aromatic carbocycles. The van der Waals surface area contributed by atoms with Crippen LogP contribution in [0.5, 0.6) is 0 Å². The van der Waals surface area contributed by atoms with Gasteiger partial charge in [-0.1, -0.05) is 11.6 Å². The first kappa shape index (κ1) is 6.86. The highest BCUT2D eigenvalue weighted by Gasteiger charge is 1.93. The van der Waals surface area contributed by atoms with Crippen molar-refractivity contribution in [3.63, 3.8) is 0 Å². The van der Waals surface area contributed by atoms with Crippen LogP contribution in [0.2, 0.25) is 4.34 Å². The van der Waals surface area contributed by atoms with E-state index >= 15 is 0 Å². The molecule has 4 heteroatoms. The molecule has 0 aliphatic heterocycles. The van der Waals surface area contributed by atoms with Gasteiger partial charge in [0.15, 0.2) is 0 Å². The van der Waals surface area contributed by atoms with E-state index in [1.807, 2.05) is 12.1 Å². The summed E-state index contributed by atoms with van der Waals surface area (Å²) in [5.74, 6) is 0. The predicted molar refractivity (Wildman–Crippen MR) is 40.0 cm³/mol. The van der Waals surface area contributed by atoms with Crippen molar-refractivity contribution in [3.05, 3.63) is 16.5 Å². The van der Waals surface area contributed by atoms with Crippen molar-refractivity contribution in [1.29, 1.82) is 0 Å². The average Bonchev–Trinajstić information content (AvgIpc) is 2.17. The molecule has 0 atom stereocenters. The second kappa shape index (κ2) is 3.06. The molecule has 0 bridgehead atoms. The summed E-state index contributed by atoms with van der Waals surface area (Å²) in [6, 6.07) is 3.67. The van der Waals surface area contributed by atoms with Gasteiger partial charge in [-0.05, 0) is 12.1 Å². The lowest BCUT2D eigenvalue weighted by atomic mass is 10.6. The third-order valence-electron chi connectivity index (χ3n) is 0.776. The molecular weight excluding hydrogens is 158 g/mol. The van der Waals surface area contributed by atoms with Crippen LogP contribution in [0, 0.1) is 0 Å². The van der Waals surface area contributed by atoms with E-state index in [4.69, 9.17) is 11.6 Å². The molecule has 9 heavy (non-hydrogen) atoms. The number of nitrogens with one attached hydrogen (secondary N) is 1. The molecule has 50 valence electrons. The number of rotatable bonds is 2. The molecule has 2 nitrogen and oxygen atoms in total. The summed E-state index contributed by atoms with van der Waals surface area (Å²) in [7, 11) is 1.56. The Morgan fingerprint density at radius 3 is 2.89 bits per heavy atom. The SMILES string of the molecule is CONc1ccc(Cl)s1. The zero-order valence-corrected chi connectivity index (χ0v) is 6.42. The van der Waals surface area contributed by atoms with Gasteiger partial charge in [-0.2, -0.15) is 0 Å². The largest absolute Gasteiger partial charge is 0.279 e. The molecule has 1 N–H and O–H groups in total. The summed E-state index contributed by atoms with van der Waals surface area (Å²) in [6.45, 7) is 0. The second-order valence-electron chi connectivity index (χ2n) is 1.41. The van der Waals surface area contributed by atoms with Gasteiger partial charge in [-0.15, -0.1) is 11.3 Å². The highest BCUT2D eigenvalue weighted by atomic mass is 35.5. The Bertz CT molecular complexity index is 189. The van der Waals surface area contributed by atoms with Crippen LogP contribution in [0.25, 0.3) is 0 Å². The van der Waals surface area contributed by atoms with Gasteiger partial charge in [0.2, 0.25) is 0 Å². The Hall–Kier alpha value is -0.250. The first-order valence-electron chi connectivity index (χ1n) is 2.37. The van der Waals surface area contributed by atoms with Crippen molar-refractivity contribution in [3.8, 4) is 0 Å². The van der Waals surface area contributed by atoms with Gasteiger partial charge in [-0.25, -0.2) is 0 Å². The zero-order chi connectivity index (χ0) is 6.69. The summed E-state index contributed by atoms with van der Waals surface area (Å²) in [4.78, 5) is 4.64. The van der Waals surface area contributed by atoms with Crippen LogP contribution in [-0.2, 0) is 4.84 Å². The lowest BCUT2D eigenvalue weighted by Gasteiger charge is -1.94. The quantitative estimate of drug-likeness (QED) is 0.676. The van der Waals surface area contributed by atoms with Crippen LogP contribution in [0.4, 0.5) is 5.00 Å². The van der Waals surface area contributed by atoms with Crippen molar-refractivity contribution < 1.29 is 4.84 Å². The van der Waals surface area contributed by atoms with Gasteiger partial charge >= 0.3 is 0 Å². The first-order valence-corrected chi connectivity index (χ1v) is 3.56. The Balaban J connectivity index is 2.61. The van der Waals surface area contributed by atoms with Gasteiger partial charge in [0.1, 0.15) is 5.00 Å². The van der Waals surface area contributed by atoms with E-state index in [9.17, 15) is 0 Å². The van der Waals surface area contributed by atoms with E-state index in [0.29, 0.717) is 0 Å². The van der Waals surface area contributed by atoms with Crippen molar-refractivity contribution in [1.82, 2.24) is 0 Å². The maximum Gasteiger partial charge on any atom is 0.114 e. The lowest BCUT2D eigenvalue weighted by molar-refractivity contribution is 0.272. The third kappa shape index (κ3) is 1.86. The summed E-state index contributed by atoms with van der Waals surface area (Å²) in [5, 5.41) is 0.919. The van der Waals surface area contributed by atoms with E-state index in [1.54, 1.807) is 7.11 Å². The molecule has 1 rings (SSSR count). The monoisotopic (exact) mass is 163 g/mol. The van der Waals surface area contributed by atoms with Crippen LogP contribution >= 0.6 is 22.9 Å². The number of anilines is 1. The number of thiophene rings is 1. The van der Waals surface area contributed by atoms with E-state index in [0.717, 1.165) is 9.34 Å². The Labute approximate surface area is 62.4 Å². The molecule has 1 aromatic heterocycles. The zero-order valence-electron chi connectivity index (χ0n) is 4.85. The van der Waals surface area contributed by atoms with Crippen molar-refractivity contribution in [2.24, 2.45) is 0 Å². The molecule has 0 aliphatic rings. The van der Waals surface area contributed by atoms with E-state index in [2.05, 4.69) is 10.3 Å². The Kier molecular flexibility index (Phi) is 2.33. The maximum absolute atomic E-state index is 5.62. The third-order valence-corrected chi connectivity index (χ3v) is 1.90. The minimum atomic E-state index is 0.759. The van der Waals surface area contributed by atoms with E-state index in [1.165, 1.54) is 11.3 Å². The highest BCUT2D eigenvalue weighted by Crippen LogP contribution is 2.25. The molecule has 1 aromatic rings. The van der Waals surface area contributed by atoms with Crippen LogP contribution in [-0.4, -0.2) is 7.11 Å². The fourth-order valence-corrected chi connectivity index (χ4v) is 1.39. The van der Waals surface area contributed by atoms with E-state index in [-0.39, 0.29) is 0 Å². The molecule has 1 heterocycles. The fourth-order valence-electron chi connectivity index (χ4n) is 0.470. The fraction of sp³-hybridized carbons (Fsp3) is 0.200. The Morgan fingerprint density at radius 2 is 2.44 bits per heavy atom. The normalized spacial score (nSPS) is 9.56. The first-order chi connectivity index (χ1) is 4.33. The number of halogens is 1. The summed E-state index contributed by atoms with van der Waals surface area (Å²) < 4.78 is 0.759. The van der Waals surface area contributed by atoms with Gasteiger partial charge in [0, 0.05) is 0 Å². The smallest absolute Gasteiger partial charge is 0.114 e. The van der Waals surface area contributed by atoms with Crippen molar-refractivity contribution in [2.75, 3.05) is 12.6 Å². The Morgan fingerprint density at radius 1 is 1.67 bits per heavy atom. The molecule has 0 saturated heterocycles. The molecule has 0 amide bonds. The molecule has 0 saturated carbocycles. The maximum atomic E-state index is 5.62. The predicted octanol–water partition coefficient (Wildman–Crippen LogP) is 2.37. The number of hydrogen-bond acceptors (Lipinski definition) is 3. The molecule has 0 aliphatic carbocycles. The average molecular weight is 164 g/mol. The summed E-state index contributed by atoms with van der Waals surface area (Å²) in [6.07, 6.45) is 0. The van der Waals surface area contributed by atoms with Gasteiger partial charge < -0.3 is 0 Å².